The summed E-state index contributed by atoms with van der Waals surface area (Å²) >= 11 is 10.5. The van der Waals surface area contributed by atoms with E-state index < -0.39 is 11.9 Å². The van der Waals surface area contributed by atoms with Gasteiger partial charge in [-0.25, -0.2) is 0 Å². The Kier molecular flexibility index (Phi) is 15.3. The summed E-state index contributed by atoms with van der Waals surface area (Å²) in [6.07, 6.45) is 0. The summed E-state index contributed by atoms with van der Waals surface area (Å²) < 4.78 is 24.9. The fourth-order valence-corrected chi connectivity index (χ4v) is 1.20. The quantitative estimate of drug-likeness (QED) is 0.259. The van der Waals surface area contributed by atoms with Gasteiger partial charge in [0.2, 0.25) is 0 Å². The van der Waals surface area contributed by atoms with E-state index in [9.17, 15) is 9.59 Å². The fourth-order valence-electron chi connectivity index (χ4n) is 1.05. The number of hydrogen-bond acceptors (Lipinski definition) is 7. The van der Waals surface area contributed by atoms with Crippen molar-refractivity contribution in [2.45, 2.75) is 0 Å². The van der Waals surface area contributed by atoms with E-state index in [2.05, 4.69) is 0 Å². The zero-order chi connectivity index (χ0) is 15.8. The maximum absolute atomic E-state index is 10.7. The Balaban J connectivity index is 3.06. The smallest absolute Gasteiger partial charge is 0.320 e. The van der Waals surface area contributed by atoms with Gasteiger partial charge in [0, 0.05) is 0 Å². The minimum atomic E-state index is -0.467. The first-order valence-electron chi connectivity index (χ1n) is 6.37. The topological polar surface area (TPSA) is 80.3 Å². The second-order valence-electron chi connectivity index (χ2n) is 3.55. The molecule has 0 aliphatic rings. The third-order valence-electron chi connectivity index (χ3n) is 1.94. The average Bonchev–Trinajstić information content (AvgIpc) is 2.51. The summed E-state index contributed by atoms with van der Waals surface area (Å²) in [6, 6.07) is 0. The van der Waals surface area contributed by atoms with Crippen LogP contribution in [-0.2, 0) is 33.3 Å². The Morgan fingerprint density at radius 2 is 0.857 bits per heavy atom. The van der Waals surface area contributed by atoms with Gasteiger partial charge in [0.1, 0.15) is 25.0 Å². The number of rotatable bonds is 14. The number of carbonyl (C=O) groups excluding carboxylic acids is 2. The van der Waals surface area contributed by atoms with Gasteiger partial charge in [-0.2, -0.15) is 0 Å². The molecule has 0 aromatic carbocycles. The second kappa shape index (κ2) is 15.8. The summed E-state index contributed by atoms with van der Waals surface area (Å²) in [5, 5.41) is 0. The van der Waals surface area contributed by atoms with Crippen molar-refractivity contribution in [1.82, 2.24) is 0 Å². The highest BCUT2D eigenvalue weighted by Gasteiger charge is 1.99. The van der Waals surface area contributed by atoms with E-state index in [1.54, 1.807) is 0 Å². The Bertz CT molecular complexity index is 250. The zero-order valence-corrected chi connectivity index (χ0v) is 13.2. The molecule has 0 radical (unpaired) electrons. The van der Waals surface area contributed by atoms with Crippen LogP contribution in [-0.4, -0.2) is 76.6 Å². The fraction of sp³-hybridized carbons (Fsp3) is 0.833. The molecule has 0 bridgehead atoms. The van der Waals surface area contributed by atoms with Gasteiger partial charge in [0.25, 0.3) is 0 Å². The molecule has 0 saturated carbocycles. The Morgan fingerprint density at radius 1 is 0.571 bits per heavy atom. The molecule has 0 aliphatic heterocycles. The van der Waals surface area contributed by atoms with E-state index in [1.807, 2.05) is 0 Å². The number of esters is 2. The molecule has 7 nitrogen and oxygen atoms in total. The van der Waals surface area contributed by atoms with Crippen molar-refractivity contribution in [3.63, 3.8) is 0 Å². The summed E-state index contributed by atoms with van der Waals surface area (Å²) in [7, 11) is 0. The van der Waals surface area contributed by atoms with Crippen molar-refractivity contribution in [3.8, 4) is 0 Å². The minimum absolute atomic E-state index is 0.159. The number of hydrogen-bond donors (Lipinski definition) is 0. The Morgan fingerprint density at radius 3 is 1.14 bits per heavy atom. The highest BCUT2D eigenvalue weighted by atomic mass is 35.5. The lowest BCUT2D eigenvalue weighted by molar-refractivity contribution is -0.142. The number of halogens is 2. The first kappa shape index (κ1) is 20.4. The van der Waals surface area contributed by atoms with E-state index in [0.717, 1.165) is 0 Å². The molecule has 0 heterocycles. The lowest BCUT2D eigenvalue weighted by Gasteiger charge is -2.07. The van der Waals surface area contributed by atoms with Gasteiger partial charge >= 0.3 is 11.9 Å². The van der Waals surface area contributed by atoms with Crippen LogP contribution in [0.3, 0.4) is 0 Å². The molecule has 0 unspecified atom stereocenters. The van der Waals surface area contributed by atoms with Crippen LogP contribution in [0.1, 0.15) is 0 Å². The van der Waals surface area contributed by atoms with Gasteiger partial charge in [0.15, 0.2) is 0 Å². The molecule has 0 N–H and O–H groups in total. The van der Waals surface area contributed by atoms with E-state index in [0.29, 0.717) is 39.6 Å². The van der Waals surface area contributed by atoms with Gasteiger partial charge in [0.05, 0.1) is 39.6 Å². The molecule has 0 amide bonds. The van der Waals surface area contributed by atoms with Crippen molar-refractivity contribution in [1.29, 1.82) is 0 Å². The molecular formula is C12H20Cl2O7. The van der Waals surface area contributed by atoms with Crippen molar-refractivity contribution in [3.05, 3.63) is 0 Å². The summed E-state index contributed by atoms with van der Waals surface area (Å²) in [4.78, 5) is 21.3. The molecule has 21 heavy (non-hydrogen) atoms. The van der Waals surface area contributed by atoms with Gasteiger partial charge in [-0.3, -0.25) is 9.59 Å². The first-order chi connectivity index (χ1) is 10.2. The normalized spacial score (nSPS) is 10.4. The van der Waals surface area contributed by atoms with E-state index in [4.69, 9.17) is 46.9 Å². The van der Waals surface area contributed by atoms with Crippen LogP contribution in [0.5, 0.6) is 0 Å². The molecule has 9 heteroatoms. The van der Waals surface area contributed by atoms with Crippen molar-refractivity contribution in [2.75, 3.05) is 64.6 Å². The SMILES string of the molecule is O=C(CCl)OCCOCCOCCOCCOC(=O)CCl. The third kappa shape index (κ3) is 15.6. The van der Waals surface area contributed by atoms with Crippen LogP contribution in [0.25, 0.3) is 0 Å². The van der Waals surface area contributed by atoms with E-state index in [-0.39, 0.29) is 25.0 Å². The summed E-state index contributed by atoms with van der Waals surface area (Å²) in [5.74, 6) is -1.25. The maximum atomic E-state index is 10.7. The van der Waals surface area contributed by atoms with Crippen LogP contribution in [0.4, 0.5) is 0 Å². The van der Waals surface area contributed by atoms with Crippen LogP contribution >= 0.6 is 23.2 Å². The van der Waals surface area contributed by atoms with Crippen molar-refractivity contribution >= 4 is 35.1 Å². The number of alkyl halides is 2. The number of carbonyl (C=O) groups is 2. The molecule has 0 aromatic rings. The third-order valence-corrected chi connectivity index (χ3v) is 2.38. The molecule has 124 valence electrons. The predicted molar refractivity (Wildman–Crippen MR) is 75.8 cm³/mol. The van der Waals surface area contributed by atoms with Crippen LogP contribution in [0.2, 0.25) is 0 Å². The Labute approximate surface area is 133 Å². The molecule has 0 atom stereocenters. The van der Waals surface area contributed by atoms with Crippen LogP contribution < -0.4 is 0 Å². The molecule has 0 fully saturated rings. The summed E-state index contributed by atoms with van der Waals surface area (Å²) in [6.45, 7) is 2.56. The molecule has 0 saturated heterocycles. The van der Waals surface area contributed by atoms with Gasteiger partial charge in [-0.15, -0.1) is 23.2 Å². The number of ether oxygens (including phenoxy) is 5. The molecule has 0 rings (SSSR count). The summed E-state index contributed by atoms with van der Waals surface area (Å²) in [5.41, 5.74) is 0. The second-order valence-corrected chi connectivity index (χ2v) is 4.08. The van der Waals surface area contributed by atoms with Crippen molar-refractivity contribution in [2.24, 2.45) is 0 Å². The molecule has 0 aliphatic carbocycles. The van der Waals surface area contributed by atoms with Gasteiger partial charge < -0.3 is 23.7 Å². The highest BCUT2D eigenvalue weighted by molar-refractivity contribution is 6.26. The van der Waals surface area contributed by atoms with Crippen LogP contribution in [0.15, 0.2) is 0 Å². The zero-order valence-electron chi connectivity index (χ0n) is 11.7. The molecule has 0 spiro atoms. The standard InChI is InChI=1S/C12H20Cl2O7/c13-9-11(15)20-7-5-18-3-1-17-2-4-19-6-8-21-12(16)10-14/h1-10H2. The van der Waals surface area contributed by atoms with Gasteiger partial charge in [-0.1, -0.05) is 0 Å². The Hall–Kier alpha value is -0.600. The molecular weight excluding hydrogens is 327 g/mol. The predicted octanol–water partition coefficient (Wildman–Crippen LogP) is 0.600. The average molecular weight is 347 g/mol. The largest absolute Gasteiger partial charge is 0.462 e. The minimum Gasteiger partial charge on any atom is -0.462 e. The maximum Gasteiger partial charge on any atom is 0.320 e. The van der Waals surface area contributed by atoms with E-state index in [1.165, 1.54) is 0 Å². The lowest BCUT2D eigenvalue weighted by Crippen LogP contribution is -2.15. The van der Waals surface area contributed by atoms with Gasteiger partial charge in [-0.05, 0) is 0 Å². The van der Waals surface area contributed by atoms with Crippen molar-refractivity contribution < 1.29 is 33.3 Å². The lowest BCUT2D eigenvalue weighted by atomic mass is 10.7. The van der Waals surface area contributed by atoms with E-state index >= 15 is 0 Å². The van der Waals surface area contributed by atoms with Crippen LogP contribution in [0, 0.1) is 0 Å². The monoisotopic (exact) mass is 346 g/mol. The first-order valence-corrected chi connectivity index (χ1v) is 7.44. The molecule has 0 aromatic heterocycles. The highest BCUT2D eigenvalue weighted by Crippen LogP contribution is 1.86.